The SMILES string of the molecule is O=C1N(CC2CCC2)CCC12CCNCC2. The first kappa shape index (κ1) is 10.6. The lowest BCUT2D eigenvalue weighted by molar-refractivity contribution is -0.138. The van der Waals surface area contributed by atoms with Crippen molar-refractivity contribution in [3.8, 4) is 0 Å². The average Bonchev–Trinajstić information content (AvgIpc) is 2.53. The van der Waals surface area contributed by atoms with Gasteiger partial charge < -0.3 is 10.2 Å². The molecule has 3 heteroatoms. The molecule has 16 heavy (non-hydrogen) atoms. The lowest BCUT2D eigenvalue weighted by atomic mass is 9.77. The Morgan fingerprint density at radius 2 is 2.00 bits per heavy atom. The average molecular weight is 222 g/mol. The molecule has 3 nitrogen and oxygen atoms in total. The molecule has 2 aliphatic heterocycles. The second-order valence-electron chi connectivity index (χ2n) is 5.83. The minimum Gasteiger partial charge on any atom is -0.342 e. The van der Waals surface area contributed by atoms with Crippen molar-refractivity contribution in [3.05, 3.63) is 0 Å². The van der Waals surface area contributed by atoms with Gasteiger partial charge >= 0.3 is 0 Å². The normalized spacial score (nSPS) is 29.8. The lowest BCUT2D eigenvalue weighted by Gasteiger charge is -2.34. The minimum atomic E-state index is 0.0367. The second kappa shape index (κ2) is 4.02. The van der Waals surface area contributed by atoms with Gasteiger partial charge in [-0.05, 0) is 51.1 Å². The third-order valence-corrected chi connectivity index (χ3v) is 4.87. The van der Waals surface area contributed by atoms with Crippen molar-refractivity contribution < 1.29 is 4.79 Å². The summed E-state index contributed by atoms with van der Waals surface area (Å²) in [7, 11) is 0. The van der Waals surface area contributed by atoms with Crippen LogP contribution in [-0.2, 0) is 4.79 Å². The summed E-state index contributed by atoms with van der Waals surface area (Å²) >= 11 is 0. The maximum atomic E-state index is 12.5. The molecule has 1 N–H and O–H groups in total. The molecule has 1 aliphatic carbocycles. The number of hydrogen-bond donors (Lipinski definition) is 1. The van der Waals surface area contributed by atoms with Gasteiger partial charge in [-0.2, -0.15) is 0 Å². The quantitative estimate of drug-likeness (QED) is 0.765. The van der Waals surface area contributed by atoms with Gasteiger partial charge in [0, 0.05) is 13.1 Å². The predicted molar refractivity (Wildman–Crippen MR) is 63.1 cm³/mol. The molecular weight excluding hydrogens is 200 g/mol. The Morgan fingerprint density at radius 3 is 2.62 bits per heavy atom. The van der Waals surface area contributed by atoms with E-state index in [1.54, 1.807) is 0 Å². The van der Waals surface area contributed by atoms with Crippen LogP contribution in [0.3, 0.4) is 0 Å². The van der Waals surface area contributed by atoms with Crippen LogP contribution in [-0.4, -0.2) is 37.0 Å². The number of hydrogen-bond acceptors (Lipinski definition) is 2. The Labute approximate surface area is 97.6 Å². The number of piperidine rings is 1. The molecule has 0 aromatic rings. The van der Waals surface area contributed by atoms with Crippen LogP contribution in [0.5, 0.6) is 0 Å². The van der Waals surface area contributed by atoms with Crippen molar-refractivity contribution in [1.82, 2.24) is 10.2 Å². The first-order valence-electron chi connectivity index (χ1n) is 6.80. The van der Waals surface area contributed by atoms with Gasteiger partial charge in [0.05, 0.1) is 5.41 Å². The number of nitrogens with zero attached hydrogens (tertiary/aromatic N) is 1. The van der Waals surface area contributed by atoms with Gasteiger partial charge in [0.25, 0.3) is 0 Å². The summed E-state index contributed by atoms with van der Waals surface area (Å²) in [6, 6.07) is 0. The van der Waals surface area contributed by atoms with Crippen LogP contribution in [0.4, 0.5) is 0 Å². The maximum Gasteiger partial charge on any atom is 0.228 e. The van der Waals surface area contributed by atoms with Gasteiger partial charge in [0.1, 0.15) is 0 Å². The molecule has 0 aromatic heterocycles. The molecule has 1 spiro atoms. The van der Waals surface area contributed by atoms with E-state index >= 15 is 0 Å². The lowest BCUT2D eigenvalue weighted by Crippen LogP contribution is -2.44. The maximum absolute atomic E-state index is 12.5. The van der Waals surface area contributed by atoms with E-state index in [2.05, 4.69) is 10.2 Å². The molecule has 1 amide bonds. The number of amides is 1. The summed E-state index contributed by atoms with van der Waals surface area (Å²) in [6.45, 7) is 4.13. The van der Waals surface area contributed by atoms with Crippen molar-refractivity contribution in [1.29, 1.82) is 0 Å². The van der Waals surface area contributed by atoms with E-state index in [1.807, 2.05) is 0 Å². The van der Waals surface area contributed by atoms with Crippen molar-refractivity contribution >= 4 is 5.91 Å². The number of nitrogens with one attached hydrogen (secondary N) is 1. The molecule has 0 atom stereocenters. The van der Waals surface area contributed by atoms with Crippen LogP contribution in [0, 0.1) is 11.3 Å². The monoisotopic (exact) mass is 222 g/mol. The van der Waals surface area contributed by atoms with E-state index in [-0.39, 0.29) is 5.41 Å². The van der Waals surface area contributed by atoms with Crippen molar-refractivity contribution in [2.75, 3.05) is 26.2 Å². The summed E-state index contributed by atoms with van der Waals surface area (Å²) in [4.78, 5) is 14.6. The van der Waals surface area contributed by atoms with Crippen LogP contribution in [0.2, 0.25) is 0 Å². The van der Waals surface area contributed by atoms with Gasteiger partial charge in [-0.15, -0.1) is 0 Å². The van der Waals surface area contributed by atoms with E-state index in [1.165, 1.54) is 19.3 Å². The molecule has 1 saturated carbocycles. The van der Waals surface area contributed by atoms with E-state index in [0.717, 1.165) is 51.4 Å². The highest BCUT2D eigenvalue weighted by Gasteiger charge is 2.47. The molecule has 0 bridgehead atoms. The topological polar surface area (TPSA) is 32.3 Å². The zero-order valence-electron chi connectivity index (χ0n) is 10.0. The molecule has 90 valence electrons. The van der Waals surface area contributed by atoms with Crippen molar-refractivity contribution in [3.63, 3.8) is 0 Å². The molecule has 2 saturated heterocycles. The molecule has 3 aliphatic rings. The van der Waals surface area contributed by atoms with Gasteiger partial charge in [0.15, 0.2) is 0 Å². The predicted octanol–water partition coefficient (Wildman–Crippen LogP) is 1.39. The summed E-state index contributed by atoms with van der Waals surface area (Å²) < 4.78 is 0. The van der Waals surface area contributed by atoms with Gasteiger partial charge in [0.2, 0.25) is 5.91 Å². The van der Waals surface area contributed by atoms with E-state index in [0.29, 0.717) is 5.91 Å². The fourth-order valence-corrected chi connectivity index (χ4v) is 3.42. The second-order valence-corrected chi connectivity index (χ2v) is 5.83. The first-order valence-corrected chi connectivity index (χ1v) is 6.80. The zero-order valence-corrected chi connectivity index (χ0v) is 10.0. The number of rotatable bonds is 2. The third kappa shape index (κ3) is 1.65. The highest BCUT2D eigenvalue weighted by molar-refractivity contribution is 5.85. The summed E-state index contributed by atoms with van der Waals surface area (Å²) in [6.07, 6.45) is 7.30. The highest BCUT2D eigenvalue weighted by Crippen LogP contribution is 2.41. The Kier molecular flexibility index (Phi) is 2.66. The number of carbonyl (C=O) groups excluding carboxylic acids is 1. The Morgan fingerprint density at radius 1 is 1.25 bits per heavy atom. The van der Waals surface area contributed by atoms with Crippen molar-refractivity contribution in [2.24, 2.45) is 11.3 Å². The smallest absolute Gasteiger partial charge is 0.228 e. The molecule has 0 aromatic carbocycles. The summed E-state index contributed by atoms with van der Waals surface area (Å²) in [5.41, 5.74) is 0.0367. The van der Waals surface area contributed by atoms with Gasteiger partial charge in [-0.25, -0.2) is 0 Å². The van der Waals surface area contributed by atoms with Crippen LogP contribution < -0.4 is 5.32 Å². The van der Waals surface area contributed by atoms with E-state index in [4.69, 9.17) is 0 Å². The minimum absolute atomic E-state index is 0.0367. The van der Waals surface area contributed by atoms with Gasteiger partial charge in [-0.3, -0.25) is 4.79 Å². The first-order chi connectivity index (χ1) is 7.80. The van der Waals surface area contributed by atoms with Gasteiger partial charge in [-0.1, -0.05) is 6.42 Å². The zero-order chi connectivity index (χ0) is 11.0. The highest BCUT2D eigenvalue weighted by atomic mass is 16.2. The van der Waals surface area contributed by atoms with Crippen molar-refractivity contribution in [2.45, 2.75) is 38.5 Å². The summed E-state index contributed by atoms with van der Waals surface area (Å²) in [5.74, 6) is 1.29. The number of likely N-dealkylation sites (tertiary alicyclic amines) is 1. The molecule has 2 heterocycles. The largest absolute Gasteiger partial charge is 0.342 e. The number of carbonyl (C=O) groups is 1. The Balaban J connectivity index is 1.63. The molecule has 3 rings (SSSR count). The van der Waals surface area contributed by atoms with Crippen LogP contribution in [0.25, 0.3) is 0 Å². The summed E-state index contributed by atoms with van der Waals surface area (Å²) in [5, 5.41) is 3.36. The molecule has 0 unspecified atom stereocenters. The van der Waals surface area contributed by atoms with Crippen LogP contribution >= 0.6 is 0 Å². The Bertz CT molecular complexity index is 280. The standard InChI is InChI=1S/C13H22N2O/c16-12-13(4-7-14-8-5-13)6-9-15(12)10-11-2-1-3-11/h11,14H,1-10H2. The Hall–Kier alpha value is -0.570. The molecule has 0 radical (unpaired) electrons. The third-order valence-electron chi connectivity index (χ3n) is 4.87. The van der Waals surface area contributed by atoms with E-state index < -0.39 is 0 Å². The van der Waals surface area contributed by atoms with Crippen LogP contribution in [0.1, 0.15) is 38.5 Å². The van der Waals surface area contributed by atoms with Crippen LogP contribution in [0.15, 0.2) is 0 Å². The fraction of sp³-hybridized carbons (Fsp3) is 0.923. The molecular formula is C13H22N2O. The molecule has 3 fully saturated rings. The van der Waals surface area contributed by atoms with E-state index in [9.17, 15) is 4.79 Å². The fourth-order valence-electron chi connectivity index (χ4n) is 3.42.